The average Bonchev–Trinajstić information content (AvgIpc) is 3.18. The van der Waals surface area contributed by atoms with Crippen molar-refractivity contribution in [1.82, 2.24) is 24.5 Å². The highest BCUT2D eigenvalue weighted by atomic mass is 19.1. The van der Waals surface area contributed by atoms with E-state index in [-0.39, 0.29) is 5.82 Å². The maximum atomic E-state index is 13.6. The second kappa shape index (κ2) is 7.72. The summed E-state index contributed by atoms with van der Waals surface area (Å²) in [7, 11) is 0. The molecule has 1 saturated heterocycles. The van der Waals surface area contributed by atoms with Crippen molar-refractivity contribution in [2.45, 2.75) is 25.3 Å². The third-order valence-corrected chi connectivity index (χ3v) is 5.49. The Morgan fingerprint density at radius 3 is 2.86 bits per heavy atom. The minimum atomic E-state index is -0.239. The van der Waals surface area contributed by atoms with Gasteiger partial charge in [0.15, 0.2) is 11.5 Å². The van der Waals surface area contributed by atoms with Gasteiger partial charge in [-0.2, -0.15) is 5.10 Å². The molecule has 4 heterocycles. The largest absolute Gasteiger partial charge is 0.297 e. The number of rotatable bonds is 4. The van der Waals surface area contributed by atoms with Crippen molar-refractivity contribution in [3.8, 4) is 11.1 Å². The second-order valence-electron chi connectivity index (χ2n) is 7.60. The van der Waals surface area contributed by atoms with Crippen molar-refractivity contribution >= 4 is 5.65 Å². The third kappa shape index (κ3) is 3.89. The van der Waals surface area contributed by atoms with E-state index in [9.17, 15) is 4.39 Å². The number of halogens is 1. The van der Waals surface area contributed by atoms with Crippen molar-refractivity contribution in [3.63, 3.8) is 0 Å². The lowest BCUT2D eigenvalue weighted by atomic mass is 9.97. The molecule has 0 unspecified atom stereocenters. The van der Waals surface area contributed by atoms with E-state index in [1.165, 1.54) is 12.1 Å². The van der Waals surface area contributed by atoms with Crippen LogP contribution in [0.15, 0.2) is 67.0 Å². The molecule has 146 valence electrons. The number of likely N-dealkylation sites (tertiary alicyclic amines) is 1. The molecule has 5 rings (SSSR count). The number of pyridine rings is 2. The first-order valence-corrected chi connectivity index (χ1v) is 9.99. The summed E-state index contributed by atoms with van der Waals surface area (Å²) < 4.78 is 15.4. The molecule has 0 bridgehead atoms. The number of nitrogens with zero attached hydrogens (tertiary/aromatic N) is 5. The van der Waals surface area contributed by atoms with Gasteiger partial charge in [-0.25, -0.2) is 13.9 Å². The van der Waals surface area contributed by atoms with Crippen LogP contribution in [0.3, 0.4) is 0 Å². The first kappa shape index (κ1) is 17.9. The molecule has 6 heteroatoms. The van der Waals surface area contributed by atoms with Crippen molar-refractivity contribution in [3.05, 3.63) is 84.3 Å². The normalized spacial score (nSPS) is 17.6. The van der Waals surface area contributed by atoms with E-state index >= 15 is 0 Å². The van der Waals surface area contributed by atoms with Crippen LogP contribution in [0.25, 0.3) is 16.8 Å². The minimum Gasteiger partial charge on any atom is -0.297 e. The van der Waals surface area contributed by atoms with Crippen LogP contribution in [0.2, 0.25) is 0 Å². The summed E-state index contributed by atoms with van der Waals surface area (Å²) >= 11 is 0. The molecule has 1 atom stereocenters. The van der Waals surface area contributed by atoms with Gasteiger partial charge >= 0.3 is 0 Å². The van der Waals surface area contributed by atoms with Crippen LogP contribution in [0, 0.1) is 5.82 Å². The molecule has 3 aromatic heterocycles. The summed E-state index contributed by atoms with van der Waals surface area (Å²) in [6.07, 6.45) is 5.99. The average molecular weight is 387 g/mol. The summed E-state index contributed by atoms with van der Waals surface area (Å²) in [5.74, 6) is 0.953. The van der Waals surface area contributed by atoms with Gasteiger partial charge in [-0.3, -0.25) is 9.88 Å². The quantitative estimate of drug-likeness (QED) is 0.524. The second-order valence-corrected chi connectivity index (χ2v) is 7.60. The van der Waals surface area contributed by atoms with Crippen LogP contribution < -0.4 is 0 Å². The molecule has 0 spiro atoms. The first-order chi connectivity index (χ1) is 14.2. The van der Waals surface area contributed by atoms with E-state index in [2.05, 4.69) is 16.0 Å². The van der Waals surface area contributed by atoms with Crippen molar-refractivity contribution < 1.29 is 4.39 Å². The lowest BCUT2D eigenvalue weighted by Crippen LogP contribution is -2.34. The lowest BCUT2D eigenvalue weighted by molar-refractivity contribution is 0.194. The Labute approximate surface area is 168 Å². The fourth-order valence-electron chi connectivity index (χ4n) is 4.04. The van der Waals surface area contributed by atoms with E-state index in [1.54, 1.807) is 6.07 Å². The molecule has 1 aliphatic rings. The van der Waals surface area contributed by atoms with Crippen molar-refractivity contribution in [2.24, 2.45) is 0 Å². The maximum Gasteiger partial charge on any atom is 0.156 e. The molecule has 0 radical (unpaired) electrons. The van der Waals surface area contributed by atoms with Crippen LogP contribution in [0.4, 0.5) is 4.39 Å². The van der Waals surface area contributed by atoms with Gasteiger partial charge in [-0.15, -0.1) is 0 Å². The molecule has 5 nitrogen and oxygen atoms in total. The Morgan fingerprint density at radius 1 is 1.03 bits per heavy atom. The fraction of sp³-hybridized carbons (Fsp3) is 0.261. The van der Waals surface area contributed by atoms with Gasteiger partial charge < -0.3 is 0 Å². The van der Waals surface area contributed by atoms with Gasteiger partial charge in [0.1, 0.15) is 5.82 Å². The summed E-state index contributed by atoms with van der Waals surface area (Å²) in [6.45, 7) is 2.86. The highest BCUT2D eigenvalue weighted by Crippen LogP contribution is 2.27. The van der Waals surface area contributed by atoms with Crippen LogP contribution in [-0.2, 0) is 6.54 Å². The van der Waals surface area contributed by atoms with E-state index in [4.69, 9.17) is 10.1 Å². The van der Waals surface area contributed by atoms with E-state index in [0.717, 1.165) is 60.8 Å². The molecule has 4 aromatic rings. The van der Waals surface area contributed by atoms with Gasteiger partial charge in [0.2, 0.25) is 0 Å². The highest BCUT2D eigenvalue weighted by Gasteiger charge is 2.25. The predicted molar refractivity (Wildman–Crippen MR) is 110 cm³/mol. The fourth-order valence-corrected chi connectivity index (χ4v) is 4.04. The molecule has 0 amide bonds. The topological polar surface area (TPSA) is 46.3 Å². The predicted octanol–water partition coefficient (Wildman–Crippen LogP) is 4.31. The number of aromatic nitrogens is 4. The SMILES string of the molecule is Fc1cccc(-c2ccc3nc([C@H]4CCCN(Cc5ccccn5)C4)nn3c2)c1. The highest BCUT2D eigenvalue weighted by molar-refractivity contribution is 5.64. The number of hydrogen-bond acceptors (Lipinski definition) is 4. The number of hydrogen-bond donors (Lipinski definition) is 0. The molecular weight excluding hydrogens is 365 g/mol. The molecule has 1 aliphatic heterocycles. The molecule has 0 saturated carbocycles. The molecule has 1 fully saturated rings. The number of piperidine rings is 1. The Hall–Kier alpha value is -3.12. The van der Waals surface area contributed by atoms with Crippen LogP contribution in [-0.4, -0.2) is 37.6 Å². The van der Waals surface area contributed by atoms with Crippen LogP contribution in [0.5, 0.6) is 0 Å². The standard InChI is InChI=1S/C23H22FN5/c24-20-7-3-5-17(13-20)18-9-10-22-26-23(27-29(22)15-18)19-6-4-12-28(14-19)16-21-8-1-2-11-25-21/h1-3,5,7-11,13,15,19H,4,6,12,14,16H2/t19-/m0/s1. The van der Waals surface area contributed by atoms with Gasteiger partial charge in [0, 0.05) is 37.0 Å². The maximum absolute atomic E-state index is 13.6. The zero-order valence-corrected chi connectivity index (χ0v) is 16.1. The summed E-state index contributed by atoms with van der Waals surface area (Å²) in [5.41, 5.74) is 3.68. The van der Waals surface area contributed by atoms with E-state index in [0.29, 0.717) is 5.92 Å². The molecule has 1 aromatic carbocycles. The number of fused-ring (bicyclic) bond motifs is 1. The van der Waals surface area contributed by atoms with Crippen molar-refractivity contribution in [1.29, 1.82) is 0 Å². The van der Waals surface area contributed by atoms with E-state index < -0.39 is 0 Å². The van der Waals surface area contributed by atoms with Gasteiger partial charge in [-0.05, 0) is 61.3 Å². The third-order valence-electron chi connectivity index (χ3n) is 5.49. The monoisotopic (exact) mass is 387 g/mol. The molecule has 0 aliphatic carbocycles. The van der Waals surface area contributed by atoms with E-state index in [1.807, 2.05) is 47.2 Å². The Bertz CT molecular complexity index is 1120. The Morgan fingerprint density at radius 2 is 2.00 bits per heavy atom. The Kier molecular flexibility index (Phi) is 4.77. The first-order valence-electron chi connectivity index (χ1n) is 9.99. The van der Waals surface area contributed by atoms with Gasteiger partial charge in [-0.1, -0.05) is 18.2 Å². The summed E-state index contributed by atoms with van der Waals surface area (Å²) in [5, 5.41) is 4.76. The lowest BCUT2D eigenvalue weighted by Gasteiger charge is -2.31. The summed E-state index contributed by atoms with van der Waals surface area (Å²) in [6, 6.07) is 16.6. The van der Waals surface area contributed by atoms with Gasteiger partial charge in [0.25, 0.3) is 0 Å². The van der Waals surface area contributed by atoms with Crippen LogP contribution in [0.1, 0.15) is 30.3 Å². The van der Waals surface area contributed by atoms with Crippen molar-refractivity contribution in [2.75, 3.05) is 13.1 Å². The smallest absolute Gasteiger partial charge is 0.156 e. The zero-order valence-electron chi connectivity index (χ0n) is 16.1. The molecule has 0 N–H and O–H groups in total. The van der Waals surface area contributed by atoms with Crippen LogP contribution >= 0.6 is 0 Å². The minimum absolute atomic E-state index is 0.239. The molecule has 29 heavy (non-hydrogen) atoms. The Balaban J connectivity index is 1.37. The zero-order chi connectivity index (χ0) is 19.6. The van der Waals surface area contributed by atoms with Gasteiger partial charge in [0.05, 0.1) is 5.69 Å². The number of benzene rings is 1. The summed E-state index contributed by atoms with van der Waals surface area (Å²) in [4.78, 5) is 11.6. The molecular formula is C23H22FN5.